The second-order valence-corrected chi connectivity index (χ2v) is 6.32. The van der Waals surface area contributed by atoms with E-state index in [2.05, 4.69) is 4.74 Å². The Balaban J connectivity index is 2.27. The van der Waals surface area contributed by atoms with Crippen LogP contribution in [0.1, 0.15) is 6.42 Å². The lowest BCUT2D eigenvalue weighted by molar-refractivity contribution is -0.0522. The normalized spacial score (nSPS) is 20.6. The zero-order valence-corrected chi connectivity index (χ0v) is 11.1. The topological polar surface area (TPSA) is 72.6 Å². The van der Waals surface area contributed by atoms with E-state index in [1.165, 1.54) is 0 Å². The summed E-state index contributed by atoms with van der Waals surface area (Å²) in [7, 11) is -3.87. The number of ether oxygens (including phenoxy) is 1. The smallest absolute Gasteiger partial charge is 0.387 e. The minimum Gasteiger partial charge on any atom is -0.432 e. The Hall–Kier alpha value is -1.32. The minimum absolute atomic E-state index is 0.152. The second kappa shape index (κ2) is 5.58. The van der Waals surface area contributed by atoms with E-state index in [9.17, 15) is 21.6 Å². The van der Waals surface area contributed by atoms with Crippen molar-refractivity contribution in [2.24, 2.45) is 5.73 Å². The van der Waals surface area contributed by atoms with Gasteiger partial charge in [0.15, 0.2) is 11.6 Å². The Morgan fingerprint density at radius 1 is 1.40 bits per heavy atom. The molecular formula is C11H13F3N2O3S. The molecule has 1 saturated heterocycles. The Morgan fingerprint density at radius 2 is 2.10 bits per heavy atom. The summed E-state index contributed by atoms with van der Waals surface area (Å²) < 4.78 is 66.9. The first-order valence-electron chi connectivity index (χ1n) is 5.81. The average molecular weight is 310 g/mol. The molecule has 9 heteroatoms. The van der Waals surface area contributed by atoms with Gasteiger partial charge in [-0.25, -0.2) is 12.8 Å². The number of halogens is 3. The van der Waals surface area contributed by atoms with Gasteiger partial charge in [-0.3, -0.25) is 0 Å². The summed E-state index contributed by atoms with van der Waals surface area (Å²) in [6, 6.07) is 2.30. The highest BCUT2D eigenvalue weighted by Gasteiger charge is 2.31. The van der Waals surface area contributed by atoms with Crippen molar-refractivity contribution in [3.8, 4) is 5.75 Å². The number of nitrogens with zero attached hydrogens (tertiary/aromatic N) is 1. The minimum atomic E-state index is -3.87. The van der Waals surface area contributed by atoms with Crippen molar-refractivity contribution in [1.82, 2.24) is 4.31 Å². The summed E-state index contributed by atoms with van der Waals surface area (Å²) in [4.78, 5) is -0.314. The lowest BCUT2D eigenvalue weighted by atomic mass is 10.3. The molecule has 0 unspecified atom stereocenters. The molecule has 1 aromatic rings. The Morgan fingerprint density at radius 3 is 2.60 bits per heavy atom. The van der Waals surface area contributed by atoms with Gasteiger partial charge < -0.3 is 10.5 Å². The van der Waals surface area contributed by atoms with E-state index in [0.717, 1.165) is 16.4 Å². The van der Waals surface area contributed by atoms with Crippen LogP contribution < -0.4 is 10.5 Å². The lowest BCUT2D eigenvalue weighted by Crippen LogP contribution is -2.32. The van der Waals surface area contributed by atoms with Crippen LogP contribution in [0.3, 0.4) is 0 Å². The number of alkyl halides is 2. The van der Waals surface area contributed by atoms with Crippen molar-refractivity contribution in [1.29, 1.82) is 0 Å². The molecule has 0 amide bonds. The first kappa shape index (κ1) is 15.1. The summed E-state index contributed by atoms with van der Waals surface area (Å²) in [5, 5.41) is 0. The van der Waals surface area contributed by atoms with Crippen LogP contribution in [-0.4, -0.2) is 38.5 Å². The molecule has 1 aromatic carbocycles. The van der Waals surface area contributed by atoms with E-state index in [1.54, 1.807) is 0 Å². The molecule has 0 radical (unpaired) electrons. The first-order chi connectivity index (χ1) is 9.30. The molecule has 0 aromatic heterocycles. The summed E-state index contributed by atoms with van der Waals surface area (Å²) in [6.07, 6.45) is 0.522. The molecule has 0 aliphatic carbocycles. The zero-order valence-electron chi connectivity index (χ0n) is 10.3. The van der Waals surface area contributed by atoms with Crippen molar-refractivity contribution in [2.75, 3.05) is 13.1 Å². The van der Waals surface area contributed by atoms with Crippen molar-refractivity contribution in [2.45, 2.75) is 24.0 Å². The third kappa shape index (κ3) is 3.05. The predicted molar refractivity (Wildman–Crippen MR) is 64.4 cm³/mol. The number of sulfonamides is 1. The van der Waals surface area contributed by atoms with Crippen molar-refractivity contribution < 1.29 is 26.3 Å². The third-order valence-corrected chi connectivity index (χ3v) is 4.81. The maximum Gasteiger partial charge on any atom is 0.387 e. The molecular weight excluding hydrogens is 297 g/mol. The average Bonchev–Trinajstić information content (AvgIpc) is 2.78. The zero-order chi connectivity index (χ0) is 14.9. The monoisotopic (exact) mass is 310 g/mol. The van der Waals surface area contributed by atoms with E-state index in [1.807, 2.05) is 0 Å². The van der Waals surface area contributed by atoms with Crippen LogP contribution in [0.5, 0.6) is 5.75 Å². The number of hydrogen-bond donors (Lipinski definition) is 1. The van der Waals surface area contributed by atoms with Crippen LogP contribution in [0.2, 0.25) is 0 Å². The Labute approximate surface area is 114 Å². The van der Waals surface area contributed by atoms with Crippen molar-refractivity contribution in [3.05, 3.63) is 24.0 Å². The number of hydrogen-bond acceptors (Lipinski definition) is 4. The lowest BCUT2D eigenvalue weighted by Gasteiger charge is -2.16. The summed E-state index contributed by atoms with van der Waals surface area (Å²) in [5.41, 5.74) is 5.63. The van der Waals surface area contributed by atoms with Gasteiger partial charge >= 0.3 is 6.61 Å². The van der Waals surface area contributed by atoms with Gasteiger partial charge in [0.1, 0.15) is 0 Å². The van der Waals surface area contributed by atoms with E-state index in [0.29, 0.717) is 12.5 Å². The molecule has 112 valence electrons. The molecule has 5 nitrogen and oxygen atoms in total. The number of nitrogens with two attached hydrogens (primary N) is 1. The van der Waals surface area contributed by atoms with Gasteiger partial charge in [-0.2, -0.15) is 13.1 Å². The number of rotatable bonds is 4. The quantitative estimate of drug-likeness (QED) is 0.905. The summed E-state index contributed by atoms with van der Waals surface area (Å²) >= 11 is 0. The molecule has 1 fully saturated rings. The highest BCUT2D eigenvalue weighted by atomic mass is 32.2. The molecule has 1 aliphatic rings. The van der Waals surface area contributed by atoms with Gasteiger partial charge in [0.05, 0.1) is 4.90 Å². The van der Waals surface area contributed by atoms with Crippen LogP contribution in [0.25, 0.3) is 0 Å². The maximum atomic E-state index is 13.5. The first-order valence-corrected chi connectivity index (χ1v) is 7.25. The van der Waals surface area contributed by atoms with Crippen LogP contribution in [-0.2, 0) is 10.0 Å². The Kier molecular flexibility index (Phi) is 4.21. The van der Waals surface area contributed by atoms with E-state index < -0.39 is 28.2 Å². The van der Waals surface area contributed by atoms with Crippen LogP contribution in [0.15, 0.2) is 23.1 Å². The number of benzene rings is 1. The molecule has 1 atom stereocenters. The summed E-state index contributed by atoms with van der Waals surface area (Å²) in [6.45, 7) is -2.77. The fourth-order valence-electron chi connectivity index (χ4n) is 1.95. The van der Waals surface area contributed by atoms with E-state index in [-0.39, 0.29) is 24.0 Å². The van der Waals surface area contributed by atoms with Gasteiger partial charge in [-0.05, 0) is 24.6 Å². The van der Waals surface area contributed by atoms with Crippen molar-refractivity contribution in [3.63, 3.8) is 0 Å². The van der Waals surface area contributed by atoms with Gasteiger partial charge in [-0.1, -0.05) is 0 Å². The highest BCUT2D eigenvalue weighted by Crippen LogP contribution is 2.26. The molecule has 1 aliphatic heterocycles. The van der Waals surface area contributed by atoms with Gasteiger partial charge in [-0.15, -0.1) is 0 Å². The summed E-state index contributed by atoms with van der Waals surface area (Å²) in [5.74, 6) is -1.85. The fourth-order valence-corrected chi connectivity index (χ4v) is 3.48. The molecule has 20 heavy (non-hydrogen) atoms. The standard InChI is InChI=1S/C11H13F3N2O3S/c12-9-5-8(1-2-10(9)19-11(13)14)20(17,18)16-4-3-7(15)6-16/h1-2,5,7,11H,3-4,6,15H2/t7-/m1/s1. The van der Waals surface area contributed by atoms with E-state index >= 15 is 0 Å². The van der Waals surface area contributed by atoms with Gasteiger partial charge in [0.25, 0.3) is 0 Å². The molecule has 2 N–H and O–H groups in total. The van der Waals surface area contributed by atoms with Crippen LogP contribution in [0.4, 0.5) is 13.2 Å². The van der Waals surface area contributed by atoms with Crippen LogP contribution in [0, 0.1) is 5.82 Å². The molecule has 0 spiro atoms. The molecule has 0 saturated carbocycles. The third-order valence-electron chi connectivity index (χ3n) is 2.94. The molecule has 1 heterocycles. The van der Waals surface area contributed by atoms with Crippen LogP contribution >= 0.6 is 0 Å². The van der Waals surface area contributed by atoms with Gasteiger partial charge in [0, 0.05) is 19.1 Å². The Bertz CT molecular complexity index is 595. The van der Waals surface area contributed by atoms with E-state index in [4.69, 9.17) is 5.73 Å². The SMILES string of the molecule is N[C@@H]1CCN(S(=O)(=O)c2ccc(OC(F)F)c(F)c2)C1. The largest absolute Gasteiger partial charge is 0.432 e. The maximum absolute atomic E-state index is 13.5. The predicted octanol–water partition coefficient (Wildman–Crippen LogP) is 1.15. The fraction of sp³-hybridized carbons (Fsp3) is 0.455. The van der Waals surface area contributed by atoms with Gasteiger partial charge in [0.2, 0.25) is 10.0 Å². The second-order valence-electron chi connectivity index (χ2n) is 4.38. The molecule has 2 rings (SSSR count). The van der Waals surface area contributed by atoms with Crippen molar-refractivity contribution >= 4 is 10.0 Å². The molecule has 0 bridgehead atoms. The highest BCUT2D eigenvalue weighted by molar-refractivity contribution is 7.89.